The summed E-state index contributed by atoms with van der Waals surface area (Å²) in [6.07, 6.45) is 2.38. The second kappa shape index (κ2) is 8.74. The van der Waals surface area contributed by atoms with Crippen molar-refractivity contribution in [3.05, 3.63) is 59.7 Å². The molecule has 30 heavy (non-hydrogen) atoms. The van der Waals surface area contributed by atoms with Gasteiger partial charge in [0.1, 0.15) is 17.1 Å². The molecule has 1 fully saturated rings. The van der Waals surface area contributed by atoms with E-state index in [1.807, 2.05) is 50.2 Å². The van der Waals surface area contributed by atoms with Crippen molar-refractivity contribution in [3.63, 3.8) is 0 Å². The topological polar surface area (TPSA) is 54.5 Å². The third-order valence-electron chi connectivity index (χ3n) is 6.01. The molecule has 0 atom stereocenters. The number of carbonyl (C=O) groups excluding carboxylic acids is 1. The molecule has 4 rings (SSSR count). The Bertz CT molecular complexity index is 1060. The standard InChI is InChI=1S/C25H29N3O2/c1-17-12-14-28(15-13-17)23-11-10-20-7-5-9-22(25(20)27-23)30-16-24(29)26-21-8-4-6-18(2)19(21)3/h4-11,17H,12-16H2,1-3H3,(H,26,29). The molecule has 1 aliphatic rings. The monoisotopic (exact) mass is 403 g/mol. The zero-order valence-corrected chi connectivity index (χ0v) is 17.9. The molecule has 1 amide bonds. The van der Waals surface area contributed by atoms with Crippen LogP contribution in [0.3, 0.4) is 0 Å². The number of benzene rings is 2. The summed E-state index contributed by atoms with van der Waals surface area (Å²) in [7, 11) is 0. The number of aromatic nitrogens is 1. The molecule has 0 spiro atoms. The van der Waals surface area contributed by atoms with Gasteiger partial charge in [-0.25, -0.2) is 4.98 Å². The zero-order chi connectivity index (χ0) is 21.1. The molecule has 1 N–H and O–H groups in total. The van der Waals surface area contributed by atoms with Crippen molar-refractivity contribution in [2.24, 2.45) is 5.92 Å². The van der Waals surface area contributed by atoms with Crippen molar-refractivity contribution in [1.29, 1.82) is 0 Å². The maximum atomic E-state index is 12.5. The van der Waals surface area contributed by atoms with Gasteiger partial charge >= 0.3 is 0 Å². The molecule has 1 saturated heterocycles. The third kappa shape index (κ3) is 4.40. The highest BCUT2D eigenvalue weighted by atomic mass is 16.5. The predicted molar refractivity (Wildman–Crippen MR) is 122 cm³/mol. The molecule has 0 saturated carbocycles. The zero-order valence-electron chi connectivity index (χ0n) is 17.9. The van der Waals surface area contributed by atoms with Gasteiger partial charge in [-0.3, -0.25) is 4.79 Å². The number of nitrogens with one attached hydrogen (secondary N) is 1. The summed E-state index contributed by atoms with van der Waals surface area (Å²) in [4.78, 5) is 19.7. The van der Waals surface area contributed by atoms with Gasteiger partial charge in [-0.2, -0.15) is 0 Å². The number of carbonyl (C=O) groups is 1. The minimum Gasteiger partial charge on any atom is -0.481 e. The SMILES string of the molecule is Cc1cccc(NC(=O)COc2cccc3ccc(N4CCC(C)CC4)nc23)c1C. The molecular weight excluding hydrogens is 374 g/mol. The van der Waals surface area contributed by atoms with Crippen LogP contribution in [0.15, 0.2) is 48.5 Å². The molecule has 2 aromatic carbocycles. The molecule has 0 radical (unpaired) electrons. The largest absolute Gasteiger partial charge is 0.481 e. The van der Waals surface area contributed by atoms with Gasteiger partial charge in [0.15, 0.2) is 6.61 Å². The van der Waals surface area contributed by atoms with E-state index >= 15 is 0 Å². The Balaban J connectivity index is 1.48. The van der Waals surface area contributed by atoms with Crippen LogP contribution < -0.4 is 15.0 Å². The van der Waals surface area contributed by atoms with Crippen LogP contribution in [0.1, 0.15) is 30.9 Å². The average Bonchev–Trinajstić information content (AvgIpc) is 2.75. The van der Waals surface area contributed by atoms with E-state index in [2.05, 4.69) is 29.3 Å². The van der Waals surface area contributed by atoms with E-state index in [1.165, 1.54) is 12.8 Å². The first kappa shape index (κ1) is 20.2. The maximum Gasteiger partial charge on any atom is 0.262 e. The van der Waals surface area contributed by atoms with Crippen LogP contribution in [-0.4, -0.2) is 30.6 Å². The molecule has 5 nitrogen and oxygen atoms in total. The fourth-order valence-electron chi connectivity index (χ4n) is 3.86. The van der Waals surface area contributed by atoms with Crippen LogP contribution in [0, 0.1) is 19.8 Å². The summed E-state index contributed by atoms with van der Waals surface area (Å²) < 4.78 is 5.89. The number of nitrogens with zero attached hydrogens (tertiary/aromatic N) is 2. The van der Waals surface area contributed by atoms with Crippen molar-refractivity contribution >= 4 is 28.3 Å². The molecule has 1 aliphatic heterocycles. The molecule has 2 heterocycles. The van der Waals surface area contributed by atoms with Gasteiger partial charge in [-0.1, -0.05) is 31.2 Å². The van der Waals surface area contributed by atoms with Crippen LogP contribution in [0.25, 0.3) is 10.9 Å². The van der Waals surface area contributed by atoms with Crippen molar-refractivity contribution in [1.82, 2.24) is 4.98 Å². The molecule has 3 aromatic rings. The number of rotatable bonds is 5. The first-order valence-corrected chi connectivity index (χ1v) is 10.6. The highest BCUT2D eigenvalue weighted by molar-refractivity contribution is 5.93. The Morgan fingerprint density at radius 2 is 1.87 bits per heavy atom. The Kier molecular flexibility index (Phi) is 5.88. The Labute approximate surface area is 178 Å². The quantitative estimate of drug-likeness (QED) is 0.643. The second-order valence-corrected chi connectivity index (χ2v) is 8.25. The minimum atomic E-state index is -0.179. The van der Waals surface area contributed by atoms with Crippen LogP contribution in [0.5, 0.6) is 5.75 Å². The predicted octanol–water partition coefficient (Wildman–Crippen LogP) is 5.11. The summed E-state index contributed by atoms with van der Waals surface area (Å²) in [6.45, 7) is 8.34. The maximum absolute atomic E-state index is 12.5. The van der Waals surface area contributed by atoms with Crippen LogP contribution >= 0.6 is 0 Å². The summed E-state index contributed by atoms with van der Waals surface area (Å²) in [5.74, 6) is 2.21. The number of pyridine rings is 1. The van der Waals surface area contributed by atoms with Crippen molar-refractivity contribution in [3.8, 4) is 5.75 Å². The van der Waals surface area contributed by atoms with Crippen molar-refractivity contribution < 1.29 is 9.53 Å². The van der Waals surface area contributed by atoms with Crippen LogP contribution in [-0.2, 0) is 4.79 Å². The van der Waals surface area contributed by atoms with E-state index in [-0.39, 0.29) is 12.5 Å². The van der Waals surface area contributed by atoms with E-state index in [4.69, 9.17) is 9.72 Å². The smallest absolute Gasteiger partial charge is 0.262 e. The number of anilines is 2. The highest BCUT2D eigenvalue weighted by Crippen LogP contribution is 2.28. The first-order valence-electron chi connectivity index (χ1n) is 10.6. The van der Waals surface area contributed by atoms with Gasteiger partial charge in [0, 0.05) is 24.2 Å². The van der Waals surface area contributed by atoms with E-state index < -0.39 is 0 Å². The Morgan fingerprint density at radius 3 is 2.67 bits per heavy atom. The summed E-state index contributed by atoms with van der Waals surface area (Å²) in [6, 6.07) is 15.9. The van der Waals surface area contributed by atoms with E-state index in [9.17, 15) is 4.79 Å². The Morgan fingerprint density at radius 1 is 1.10 bits per heavy atom. The fraction of sp³-hybridized carbons (Fsp3) is 0.360. The number of amides is 1. The van der Waals surface area contributed by atoms with Gasteiger partial charge in [0.2, 0.25) is 0 Å². The van der Waals surface area contributed by atoms with Gasteiger partial charge in [-0.15, -0.1) is 0 Å². The first-order chi connectivity index (χ1) is 14.5. The number of ether oxygens (including phenoxy) is 1. The minimum absolute atomic E-state index is 0.0559. The van der Waals surface area contributed by atoms with E-state index in [0.29, 0.717) is 5.75 Å². The summed E-state index contributed by atoms with van der Waals surface area (Å²) in [5, 5.41) is 3.95. The lowest BCUT2D eigenvalue weighted by molar-refractivity contribution is -0.118. The van der Waals surface area contributed by atoms with E-state index in [1.54, 1.807) is 0 Å². The third-order valence-corrected chi connectivity index (χ3v) is 6.01. The fourth-order valence-corrected chi connectivity index (χ4v) is 3.86. The van der Waals surface area contributed by atoms with Gasteiger partial charge in [0.25, 0.3) is 5.91 Å². The molecule has 0 bridgehead atoms. The van der Waals surface area contributed by atoms with Crippen molar-refractivity contribution in [2.45, 2.75) is 33.6 Å². The lowest BCUT2D eigenvalue weighted by Gasteiger charge is -2.31. The summed E-state index contributed by atoms with van der Waals surface area (Å²) in [5.41, 5.74) is 3.83. The number of piperidine rings is 1. The number of fused-ring (bicyclic) bond motifs is 1. The Hall–Kier alpha value is -3.08. The number of aryl methyl sites for hydroxylation is 1. The molecule has 0 unspecified atom stereocenters. The number of hydrogen-bond donors (Lipinski definition) is 1. The molecule has 156 valence electrons. The molecular formula is C25H29N3O2. The molecule has 5 heteroatoms. The van der Waals surface area contributed by atoms with Crippen molar-refractivity contribution in [2.75, 3.05) is 29.9 Å². The molecule has 1 aromatic heterocycles. The lowest BCUT2D eigenvalue weighted by Crippen LogP contribution is -2.33. The normalized spacial score (nSPS) is 14.7. The second-order valence-electron chi connectivity index (χ2n) is 8.25. The highest BCUT2D eigenvalue weighted by Gasteiger charge is 2.18. The average molecular weight is 404 g/mol. The number of hydrogen-bond acceptors (Lipinski definition) is 4. The van der Waals surface area contributed by atoms with Gasteiger partial charge < -0.3 is 15.0 Å². The van der Waals surface area contributed by atoms with E-state index in [0.717, 1.165) is 52.5 Å². The van der Waals surface area contributed by atoms with Crippen LogP contribution in [0.4, 0.5) is 11.5 Å². The lowest BCUT2D eigenvalue weighted by atomic mass is 9.99. The summed E-state index contributed by atoms with van der Waals surface area (Å²) >= 11 is 0. The van der Waals surface area contributed by atoms with Gasteiger partial charge in [0.05, 0.1) is 0 Å². The molecule has 0 aliphatic carbocycles. The van der Waals surface area contributed by atoms with Crippen LogP contribution in [0.2, 0.25) is 0 Å². The van der Waals surface area contributed by atoms with Gasteiger partial charge in [-0.05, 0) is 68.0 Å². The number of para-hydroxylation sites is 1.